The van der Waals surface area contributed by atoms with Crippen LogP contribution >= 0.6 is 15.9 Å². The van der Waals surface area contributed by atoms with Gasteiger partial charge < -0.3 is 11.1 Å². The van der Waals surface area contributed by atoms with Gasteiger partial charge in [-0.1, -0.05) is 0 Å². The quantitative estimate of drug-likeness (QED) is 0.836. The van der Waals surface area contributed by atoms with Crippen molar-refractivity contribution in [1.29, 1.82) is 0 Å². The summed E-state index contributed by atoms with van der Waals surface area (Å²) in [6.07, 6.45) is 0. The Bertz CT molecular complexity index is 584. The van der Waals surface area contributed by atoms with Crippen LogP contribution in [0.25, 0.3) is 0 Å². The minimum Gasteiger partial charge on any atom is -0.368 e. The maximum Gasteiger partial charge on any atom is 0.222 e. The van der Waals surface area contributed by atoms with Crippen molar-refractivity contribution in [2.45, 2.75) is 6.92 Å². The molecule has 0 aliphatic heterocycles. The van der Waals surface area contributed by atoms with E-state index in [1.165, 1.54) is 6.07 Å². The Morgan fingerprint density at radius 1 is 1.17 bits per heavy atom. The van der Waals surface area contributed by atoms with Gasteiger partial charge in [-0.25, -0.2) is 13.8 Å². The molecule has 0 saturated carbocycles. The zero-order chi connectivity index (χ0) is 13.3. The summed E-state index contributed by atoms with van der Waals surface area (Å²) < 4.78 is 26.7. The molecular weight excluding hydrogens is 306 g/mol. The lowest BCUT2D eigenvalue weighted by molar-refractivity contribution is 0.581. The Balaban J connectivity index is 2.36. The smallest absolute Gasteiger partial charge is 0.222 e. The normalized spacial score (nSPS) is 10.4. The van der Waals surface area contributed by atoms with Crippen LogP contribution in [0.4, 0.5) is 26.2 Å². The van der Waals surface area contributed by atoms with Gasteiger partial charge >= 0.3 is 0 Å². The van der Waals surface area contributed by atoms with E-state index >= 15 is 0 Å². The van der Waals surface area contributed by atoms with Crippen LogP contribution in [0.5, 0.6) is 0 Å². The maximum atomic E-state index is 13.5. The second-order valence-corrected chi connectivity index (χ2v) is 4.48. The van der Waals surface area contributed by atoms with Gasteiger partial charge in [-0.05, 0) is 28.9 Å². The zero-order valence-corrected chi connectivity index (χ0v) is 10.9. The van der Waals surface area contributed by atoms with Gasteiger partial charge in [0.15, 0.2) is 0 Å². The highest BCUT2D eigenvalue weighted by molar-refractivity contribution is 9.10. The Hall–Kier alpha value is -1.76. The number of nitrogens with two attached hydrogens (primary N) is 1. The van der Waals surface area contributed by atoms with E-state index in [2.05, 4.69) is 31.2 Å². The summed E-state index contributed by atoms with van der Waals surface area (Å²) in [7, 11) is 0. The molecule has 94 valence electrons. The number of hydrogen-bond donors (Lipinski definition) is 2. The van der Waals surface area contributed by atoms with Crippen molar-refractivity contribution in [3.05, 3.63) is 40.0 Å². The van der Waals surface area contributed by atoms with E-state index in [1.807, 2.05) is 0 Å². The third-order valence-electron chi connectivity index (χ3n) is 2.14. The number of nitrogens with zero attached hydrogens (tertiary/aromatic N) is 2. The van der Waals surface area contributed by atoms with Gasteiger partial charge in [0.25, 0.3) is 0 Å². The largest absolute Gasteiger partial charge is 0.368 e. The number of nitrogen functional groups attached to an aromatic ring is 1. The molecule has 1 aromatic heterocycles. The average molecular weight is 315 g/mol. The molecule has 0 amide bonds. The summed E-state index contributed by atoms with van der Waals surface area (Å²) in [5, 5.41) is 2.72. The third kappa shape index (κ3) is 2.73. The molecule has 0 radical (unpaired) electrons. The molecule has 2 rings (SSSR count). The van der Waals surface area contributed by atoms with Crippen molar-refractivity contribution in [2.24, 2.45) is 0 Å². The van der Waals surface area contributed by atoms with Crippen molar-refractivity contribution < 1.29 is 8.78 Å². The van der Waals surface area contributed by atoms with Crippen LogP contribution in [-0.2, 0) is 0 Å². The highest BCUT2D eigenvalue weighted by Gasteiger charge is 2.09. The van der Waals surface area contributed by atoms with Gasteiger partial charge in [-0.2, -0.15) is 4.98 Å². The second-order valence-electron chi connectivity index (χ2n) is 3.62. The molecule has 18 heavy (non-hydrogen) atoms. The molecule has 7 heteroatoms. The Labute approximate surface area is 110 Å². The monoisotopic (exact) mass is 314 g/mol. The lowest BCUT2D eigenvalue weighted by Gasteiger charge is -2.08. The van der Waals surface area contributed by atoms with Crippen LogP contribution in [-0.4, -0.2) is 9.97 Å². The Kier molecular flexibility index (Phi) is 3.42. The minimum atomic E-state index is -0.717. The molecule has 2 aromatic rings. The third-order valence-corrected chi connectivity index (χ3v) is 2.75. The van der Waals surface area contributed by atoms with E-state index < -0.39 is 11.6 Å². The fraction of sp³-hybridized carbons (Fsp3) is 0.0909. The van der Waals surface area contributed by atoms with Gasteiger partial charge in [0.1, 0.15) is 17.5 Å². The first kappa shape index (κ1) is 12.7. The fourth-order valence-corrected chi connectivity index (χ4v) is 1.76. The van der Waals surface area contributed by atoms with Gasteiger partial charge in [-0.15, -0.1) is 0 Å². The number of nitrogens with one attached hydrogen (secondary N) is 1. The summed E-state index contributed by atoms with van der Waals surface area (Å²) in [5.41, 5.74) is 6.22. The Morgan fingerprint density at radius 3 is 2.56 bits per heavy atom. The number of hydrogen-bond acceptors (Lipinski definition) is 4. The van der Waals surface area contributed by atoms with E-state index in [1.54, 1.807) is 13.0 Å². The molecule has 0 spiro atoms. The lowest BCUT2D eigenvalue weighted by atomic mass is 10.3. The number of benzene rings is 1. The first-order chi connectivity index (χ1) is 8.45. The molecule has 0 fully saturated rings. The highest BCUT2D eigenvalue weighted by atomic mass is 79.9. The highest BCUT2D eigenvalue weighted by Crippen LogP contribution is 2.26. The topological polar surface area (TPSA) is 63.8 Å². The van der Waals surface area contributed by atoms with E-state index in [0.717, 1.165) is 6.07 Å². The van der Waals surface area contributed by atoms with Crippen LogP contribution in [0.3, 0.4) is 0 Å². The molecule has 4 nitrogen and oxygen atoms in total. The van der Waals surface area contributed by atoms with Crippen molar-refractivity contribution in [2.75, 3.05) is 11.1 Å². The summed E-state index contributed by atoms with van der Waals surface area (Å²) in [4.78, 5) is 7.80. The molecule has 0 unspecified atom stereocenters. The molecule has 0 bridgehead atoms. The van der Waals surface area contributed by atoms with E-state index in [0.29, 0.717) is 11.5 Å². The minimum absolute atomic E-state index is 0.0825. The number of aromatic nitrogens is 2. The molecule has 0 aliphatic rings. The van der Waals surface area contributed by atoms with Gasteiger partial charge in [0, 0.05) is 17.8 Å². The van der Waals surface area contributed by atoms with E-state index in [-0.39, 0.29) is 16.1 Å². The van der Waals surface area contributed by atoms with Crippen molar-refractivity contribution >= 4 is 33.4 Å². The number of halogens is 3. The van der Waals surface area contributed by atoms with Gasteiger partial charge in [-0.3, -0.25) is 0 Å². The average Bonchev–Trinajstić information content (AvgIpc) is 2.24. The summed E-state index contributed by atoms with van der Waals surface area (Å²) >= 11 is 2.98. The summed E-state index contributed by atoms with van der Waals surface area (Å²) in [5.74, 6) is -0.960. The van der Waals surface area contributed by atoms with E-state index in [9.17, 15) is 8.78 Å². The van der Waals surface area contributed by atoms with E-state index in [4.69, 9.17) is 5.73 Å². The molecule has 3 N–H and O–H groups in total. The van der Waals surface area contributed by atoms with Crippen molar-refractivity contribution in [3.63, 3.8) is 0 Å². The lowest BCUT2D eigenvalue weighted by Crippen LogP contribution is -2.02. The second kappa shape index (κ2) is 4.85. The first-order valence-corrected chi connectivity index (χ1v) is 5.78. The molecular formula is C11H9BrF2N4. The summed E-state index contributed by atoms with van der Waals surface area (Å²) in [6, 6.07) is 3.68. The molecule has 0 atom stereocenters. The standard InChI is InChI=1S/C11H9BrF2N4/c1-5-2-10(18-11(15)16-5)17-9-3-6(12)7(13)4-8(9)14/h2-4H,1H3,(H3,15,16,17,18). The van der Waals surface area contributed by atoms with Crippen molar-refractivity contribution in [3.8, 4) is 0 Å². The number of rotatable bonds is 2. The predicted octanol–water partition coefficient (Wildman–Crippen LogP) is 3.15. The fourth-order valence-electron chi connectivity index (χ4n) is 1.41. The summed E-state index contributed by atoms with van der Waals surface area (Å²) in [6.45, 7) is 1.74. The molecule has 1 heterocycles. The number of aryl methyl sites for hydroxylation is 1. The van der Waals surface area contributed by atoms with Gasteiger partial charge in [0.05, 0.1) is 10.2 Å². The zero-order valence-electron chi connectivity index (χ0n) is 9.34. The molecule has 0 aliphatic carbocycles. The van der Waals surface area contributed by atoms with Crippen LogP contribution < -0.4 is 11.1 Å². The predicted molar refractivity (Wildman–Crippen MR) is 68.5 cm³/mol. The molecule has 1 aromatic carbocycles. The van der Waals surface area contributed by atoms with Crippen LogP contribution in [0.1, 0.15) is 5.69 Å². The van der Waals surface area contributed by atoms with Crippen molar-refractivity contribution in [1.82, 2.24) is 9.97 Å². The van der Waals surface area contributed by atoms with Crippen LogP contribution in [0, 0.1) is 18.6 Å². The first-order valence-electron chi connectivity index (χ1n) is 4.98. The Morgan fingerprint density at radius 2 is 1.89 bits per heavy atom. The van der Waals surface area contributed by atoms with Gasteiger partial charge in [0.2, 0.25) is 5.95 Å². The molecule has 0 saturated heterocycles. The number of anilines is 3. The van der Waals surface area contributed by atoms with Crippen LogP contribution in [0.2, 0.25) is 0 Å². The van der Waals surface area contributed by atoms with Crippen LogP contribution in [0.15, 0.2) is 22.7 Å². The SMILES string of the molecule is Cc1cc(Nc2cc(Br)c(F)cc2F)nc(N)n1. The maximum absolute atomic E-state index is 13.5.